The summed E-state index contributed by atoms with van der Waals surface area (Å²) in [5, 5.41) is 6.34. The van der Waals surface area contributed by atoms with E-state index in [0.717, 1.165) is 26.2 Å². The average Bonchev–Trinajstić information content (AvgIpc) is 2.55. The van der Waals surface area contributed by atoms with Gasteiger partial charge in [-0.15, -0.1) is 37.2 Å². The number of carbonyl (C=O) groups is 1. The van der Waals surface area contributed by atoms with Crippen LogP contribution in [0.5, 0.6) is 0 Å². The molecule has 2 aliphatic heterocycles. The molecule has 0 aliphatic carbocycles. The number of carbonyl (C=O) groups excluding carboxylic acids is 1. The molecule has 0 spiro atoms. The van der Waals surface area contributed by atoms with Gasteiger partial charge in [0.1, 0.15) is 0 Å². The summed E-state index contributed by atoms with van der Waals surface area (Å²) < 4.78 is 0. The lowest BCUT2D eigenvalue weighted by Crippen LogP contribution is -2.61. The molecule has 0 saturated carbocycles. The van der Waals surface area contributed by atoms with Crippen LogP contribution in [-0.2, 0) is 4.79 Å². The Kier molecular flexibility index (Phi) is 14.7. The molecular weight excluding hydrogens is 383 g/mol. The van der Waals surface area contributed by atoms with Crippen LogP contribution in [0.3, 0.4) is 0 Å². The van der Waals surface area contributed by atoms with Crippen molar-refractivity contribution in [1.29, 1.82) is 0 Å². The molecule has 1 amide bonds. The molecule has 2 fully saturated rings. The Labute approximate surface area is 172 Å². The number of nitrogens with one attached hydrogen (secondary N) is 2. The number of nitrogens with zero attached hydrogens (tertiary/aromatic N) is 2. The largest absolute Gasteiger partial charge is 0.354 e. The summed E-state index contributed by atoms with van der Waals surface area (Å²) >= 11 is 0. The van der Waals surface area contributed by atoms with Crippen LogP contribution in [-0.4, -0.2) is 74.6 Å². The van der Waals surface area contributed by atoms with E-state index in [4.69, 9.17) is 0 Å². The number of hydrogen-bond acceptors (Lipinski definition) is 4. The predicted molar refractivity (Wildman–Crippen MR) is 113 cm³/mol. The van der Waals surface area contributed by atoms with Gasteiger partial charge < -0.3 is 15.5 Å². The fourth-order valence-electron chi connectivity index (χ4n) is 3.83. The minimum Gasteiger partial charge on any atom is -0.354 e. The lowest BCUT2D eigenvalue weighted by atomic mass is 9.84. The summed E-state index contributed by atoms with van der Waals surface area (Å²) in [5.41, 5.74) is 0.182. The molecule has 5 nitrogen and oxygen atoms in total. The molecule has 2 N–H and O–H groups in total. The van der Waals surface area contributed by atoms with Crippen LogP contribution in [0, 0.1) is 5.92 Å². The first-order valence-corrected chi connectivity index (χ1v) is 8.93. The maximum Gasteiger partial charge on any atom is 0.224 e. The molecule has 25 heavy (non-hydrogen) atoms. The molecular formula is C17H37Cl3N4O. The van der Waals surface area contributed by atoms with E-state index >= 15 is 0 Å². The van der Waals surface area contributed by atoms with Crippen LogP contribution in [0.25, 0.3) is 0 Å². The van der Waals surface area contributed by atoms with Gasteiger partial charge in [-0.3, -0.25) is 9.69 Å². The van der Waals surface area contributed by atoms with Crippen LogP contribution in [0.15, 0.2) is 0 Å². The minimum atomic E-state index is 0. The van der Waals surface area contributed by atoms with Gasteiger partial charge in [0, 0.05) is 24.5 Å². The Bertz CT molecular complexity index is 360. The van der Waals surface area contributed by atoms with Crippen molar-refractivity contribution in [2.45, 2.75) is 44.6 Å². The van der Waals surface area contributed by atoms with Crippen molar-refractivity contribution in [1.82, 2.24) is 20.4 Å². The normalized spacial score (nSPS) is 21.9. The van der Waals surface area contributed by atoms with Crippen LogP contribution < -0.4 is 10.6 Å². The van der Waals surface area contributed by atoms with Crippen molar-refractivity contribution in [3.05, 3.63) is 0 Å². The maximum atomic E-state index is 12.3. The summed E-state index contributed by atoms with van der Waals surface area (Å²) in [4.78, 5) is 17.4. The van der Waals surface area contributed by atoms with Gasteiger partial charge in [-0.05, 0) is 66.0 Å². The van der Waals surface area contributed by atoms with Crippen molar-refractivity contribution in [2.24, 2.45) is 5.92 Å². The number of rotatable bonds is 6. The molecule has 1 atom stereocenters. The monoisotopic (exact) mass is 418 g/mol. The third kappa shape index (κ3) is 7.77. The highest BCUT2D eigenvalue weighted by Crippen LogP contribution is 2.30. The molecule has 0 aromatic heterocycles. The molecule has 2 heterocycles. The maximum absolute atomic E-state index is 12.3. The van der Waals surface area contributed by atoms with E-state index in [9.17, 15) is 4.79 Å². The minimum absolute atomic E-state index is 0. The number of piperidine rings is 2. The van der Waals surface area contributed by atoms with Gasteiger partial charge in [0.25, 0.3) is 0 Å². The Hall–Kier alpha value is 0.220. The zero-order valence-electron chi connectivity index (χ0n) is 15.9. The fourth-order valence-corrected chi connectivity index (χ4v) is 3.83. The van der Waals surface area contributed by atoms with Crippen molar-refractivity contribution >= 4 is 43.1 Å². The van der Waals surface area contributed by atoms with Gasteiger partial charge >= 0.3 is 0 Å². The number of halogens is 3. The Balaban J connectivity index is 0. The SMILES string of the molecule is CNCC(C)C(=O)NCC1(N2CCCCC2)CCN(C)CC1.Cl.Cl.Cl. The highest BCUT2D eigenvalue weighted by molar-refractivity contribution is 5.86. The summed E-state index contributed by atoms with van der Waals surface area (Å²) in [6.45, 7) is 8.22. The second kappa shape index (κ2) is 13.4. The third-order valence-electron chi connectivity index (χ3n) is 5.49. The van der Waals surface area contributed by atoms with Crippen LogP contribution in [0.4, 0.5) is 0 Å². The van der Waals surface area contributed by atoms with Gasteiger partial charge in [0.05, 0.1) is 0 Å². The van der Waals surface area contributed by atoms with E-state index < -0.39 is 0 Å². The van der Waals surface area contributed by atoms with Crippen LogP contribution in [0.1, 0.15) is 39.0 Å². The second-order valence-electron chi connectivity index (χ2n) is 7.25. The van der Waals surface area contributed by atoms with Crippen molar-refractivity contribution < 1.29 is 4.79 Å². The molecule has 2 rings (SSSR count). The highest BCUT2D eigenvalue weighted by Gasteiger charge is 2.39. The molecule has 0 radical (unpaired) electrons. The lowest BCUT2D eigenvalue weighted by molar-refractivity contribution is -0.125. The number of likely N-dealkylation sites (tertiary alicyclic amines) is 2. The second-order valence-corrected chi connectivity index (χ2v) is 7.25. The Morgan fingerprint density at radius 1 is 1.04 bits per heavy atom. The lowest BCUT2D eigenvalue weighted by Gasteiger charge is -2.50. The van der Waals surface area contributed by atoms with Gasteiger partial charge in [-0.2, -0.15) is 0 Å². The fraction of sp³-hybridized carbons (Fsp3) is 0.941. The van der Waals surface area contributed by atoms with E-state index in [-0.39, 0.29) is 54.6 Å². The zero-order valence-corrected chi connectivity index (χ0v) is 18.3. The molecule has 2 saturated heterocycles. The summed E-state index contributed by atoms with van der Waals surface area (Å²) in [6, 6.07) is 0. The molecule has 1 unspecified atom stereocenters. The zero-order chi connectivity index (χ0) is 16.0. The smallest absolute Gasteiger partial charge is 0.224 e. The van der Waals surface area contributed by atoms with Gasteiger partial charge in [-0.25, -0.2) is 0 Å². The Morgan fingerprint density at radius 2 is 1.60 bits per heavy atom. The van der Waals surface area contributed by atoms with Crippen LogP contribution in [0.2, 0.25) is 0 Å². The molecule has 0 aromatic carbocycles. The van der Waals surface area contributed by atoms with E-state index in [1.165, 1.54) is 45.2 Å². The first kappa shape index (κ1) is 27.4. The molecule has 0 bridgehead atoms. The quantitative estimate of drug-likeness (QED) is 0.693. The van der Waals surface area contributed by atoms with Gasteiger partial charge in [0.2, 0.25) is 5.91 Å². The summed E-state index contributed by atoms with van der Waals surface area (Å²) in [5.74, 6) is 0.222. The highest BCUT2D eigenvalue weighted by atomic mass is 35.5. The Morgan fingerprint density at radius 3 is 2.12 bits per heavy atom. The van der Waals surface area contributed by atoms with Crippen LogP contribution >= 0.6 is 37.2 Å². The molecule has 8 heteroatoms. The number of hydrogen-bond donors (Lipinski definition) is 2. The topological polar surface area (TPSA) is 47.6 Å². The van der Waals surface area contributed by atoms with E-state index in [1.807, 2.05) is 14.0 Å². The standard InChI is InChI=1S/C17H34N4O.3ClH/c1-15(13-18-2)16(22)19-14-17(7-11-20(3)12-8-17)21-9-5-4-6-10-21;;;/h15,18H,4-14H2,1-3H3,(H,19,22);3*1H. The molecule has 2 aliphatic rings. The third-order valence-corrected chi connectivity index (χ3v) is 5.49. The van der Waals surface area contributed by atoms with Gasteiger partial charge in [0.15, 0.2) is 0 Å². The summed E-state index contributed by atoms with van der Waals surface area (Å²) in [6.07, 6.45) is 6.32. The van der Waals surface area contributed by atoms with Gasteiger partial charge in [-0.1, -0.05) is 13.3 Å². The van der Waals surface area contributed by atoms with E-state index in [2.05, 4.69) is 27.5 Å². The van der Waals surface area contributed by atoms with Crippen molar-refractivity contribution in [3.8, 4) is 0 Å². The predicted octanol–water partition coefficient (Wildman–Crippen LogP) is 2.17. The first-order chi connectivity index (χ1) is 10.6. The average molecular weight is 420 g/mol. The molecule has 152 valence electrons. The summed E-state index contributed by atoms with van der Waals surface area (Å²) in [7, 11) is 4.10. The number of amides is 1. The van der Waals surface area contributed by atoms with Crippen molar-refractivity contribution in [2.75, 3.05) is 53.4 Å². The first-order valence-electron chi connectivity index (χ1n) is 8.93. The van der Waals surface area contributed by atoms with E-state index in [0.29, 0.717) is 0 Å². The van der Waals surface area contributed by atoms with Crippen molar-refractivity contribution in [3.63, 3.8) is 0 Å². The van der Waals surface area contributed by atoms with E-state index in [1.54, 1.807) is 0 Å². The molecule has 0 aromatic rings.